The fraction of sp³-hybridized carbons (Fsp3) is 0.667. The summed E-state index contributed by atoms with van der Waals surface area (Å²) in [5.41, 5.74) is 1.72. The highest BCUT2D eigenvalue weighted by atomic mass is 127. The van der Waals surface area contributed by atoms with Crippen molar-refractivity contribution in [3.8, 4) is 0 Å². The molecule has 2 saturated heterocycles. The van der Waals surface area contributed by atoms with E-state index in [-0.39, 0.29) is 30.6 Å². The number of ether oxygens (including phenoxy) is 2. The van der Waals surface area contributed by atoms with Gasteiger partial charge >= 0.3 is 6.18 Å². The maximum absolute atomic E-state index is 12.2. The molecule has 0 aromatic heterocycles. The van der Waals surface area contributed by atoms with E-state index in [1.165, 1.54) is 0 Å². The van der Waals surface area contributed by atoms with Crippen LogP contribution in [0.25, 0.3) is 0 Å². The van der Waals surface area contributed by atoms with Gasteiger partial charge in [-0.1, -0.05) is 24.3 Å². The molecule has 0 aliphatic carbocycles. The second kappa shape index (κ2) is 12.8. The molecule has 0 radical (unpaired) electrons. The third-order valence-corrected chi connectivity index (χ3v) is 5.33. The Morgan fingerprint density at radius 2 is 1.84 bits per heavy atom. The molecule has 0 spiro atoms. The summed E-state index contributed by atoms with van der Waals surface area (Å²) in [5, 5.41) is 3.38. The first-order valence-electron chi connectivity index (χ1n) is 10.5. The summed E-state index contributed by atoms with van der Waals surface area (Å²) in [6, 6.07) is 7.89. The maximum atomic E-state index is 12.2. The van der Waals surface area contributed by atoms with Gasteiger partial charge in [-0.3, -0.25) is 4.90 Å². The van der Waals surface area contributed by atoms with E-state index in [0.29, 0.717) is 18.2 Å². The van der Waals surface area contributed by atoms with Crippen LogP contribution in [0.15, 0.2) is 29.3 Å². The predicted octanol–water partition coefficient (Wildman–Crippen LogP) is 3.26. The van der Waals surface area contributed by atoms with Gasteiger partial charge in [-0.2, -0.15) is 13.2 Å². The van der Waals surface area contributed by atoms with Crippen molar-refractivity contribution < 1.29 is 22.6 Å². The van der Waals surface area contributed by atoms with E-state index in [1.54, 1.807) is 12.1 Å². The Morgan fingerprint density at radius 3 is 2.48 bits per heavy atom. The van der Waals surface area contributed by atoms with Crippen LogP contribution in [-0.2, 0) is 22.6 Å². The van der Waals surface area contributed by atoms with Crippen LogP contribution in [-0.4, -0.2) is 80.5 Å². The van der Waals surface area contributed by atoms with Gasteiger partial charge in [-0.25, -0.2) is 4.99 Å². The van der Waals surface area contributed by atoms with Crippen molar-refractivity contribution in [2.45, 2.75) is 38.7 Å². The minimum absolute atomic E-state index is 0. The summed E-state index contributed by atoms with van der Waals surface area (Å²) in [6.45, 7) is 7.62. The van der Waals surface area contributed by atoms with Crippen molar-refractivity contribution in [3.05, 3.63) is 35.4 Å². The highest BCUT2D eigenvalue weighted by Gasteiger charge is 2.30. The molecule has 0 bridgehead atoms. The molecule has 6 nitrogen and oxygen atoms in total. The SMILES string of the molecule is CCNC(=NCc1ccc(COCC(F)(F)F)cc1)N1CCC(N2CCOCC2)C1.I. The minimum atomic E-state index is -4.30. The number of rotatable bonds is 7. The molecule has 31 heavy (non-hydrogen) atoms. The lowest BCUT2D eigenvalue weighted by Gasteiger charge is -2.32. The summed E-state index contributed by atoms with van der Waals surface area (Å²) in [4.78, 5) is 9.59. The van der Waals surface area contributed by atoms with Gasteiger partial charge in [0.1, 0.15) is 6.61 Å². The number of hydrogen-bond donors (Lipinski definition) is 1. The summed E-state index contributed by atoms with van der Waals surface area (Å²) in [5.74, 6) is 0.908. The molecule has 10 heteroatoms. The third kappa shape index (κ3) is 8.74. The van der Waals surface area contributed by atoms with Crippen molar-refractivity contribution >= 4 is 29.9 Å². The van der Waals surface area contributed by atoms with Crippen LogP contribution in [0.1, 0.15) is 24.5 Å². The molecule has 176 valence electrons. The second-order valence-electron chi connectivity index (χ2n) is 7.63. The third-order valence-electron chi connectivity index (χ3n) is 5.33. The number of guanidine groups is 1. The molecular formula is C21H32F3IN4O2. The topological polar surface area (TPSA) is 49.3 Å². The lowest BCUT2D eigenvalue weighted by molar-refractivity contribution is -0.176. The summed E-state index contributed by atoms with van der Waals surface area (Å²) >= 11 is 0. The van der Waals surface area contributed by atoms with Gasteiger partial charge in [-0.05, 0) is 24.5 Å². The van der Waals surface area contributed by atoms with Crippen LogP contribution in [0.4, 0.5) is 13.2 Å². The number of halogens is 4. The molecule has 2 aliphatic heterocycles. The monoisotopic (exact) mass is 556 g/mol. The number of alkyl halides is 3. The van der Waals surface area contributed by atoms with Gasteiger partial charge in [0.15, 0.2) is 5.96 Å². The summed E-state index contributed by atoms with van der Waals surface area (Å²) in [6.07, 6.45) is -3.18. The van der Waals surface area contributed by atoms with E-state index in [9.17, 15) is 13.2 Å². The van der Waals surface area contributed by atoms with Crippen molar-refractivity contribution in [2.75, 3.05) is 52.5 Å². The first-order chi connectivity index (χ1) is 14.4. The number of morpholine rings is 1. The highest BCUT2D eigenvalue weighted by molar-refractivity contribution is 14.0. The Kier molecular flexibility index (Phi) is 10.8. The van der Waals surface area contributed by atoms with Crippen LogP contribution in [0, 0.1) is 0 Å². The predicted molar refractivity (Wildman–Crippen MR) is 125 cm³/mol. The molecule has 2 fully saturated rings. The largest absolute Gasteiger partial charge is 0.411 e. The Morgan fingerprint density at radius 1 is 1.16 bits per heavy atom. The standard InChI is InChI=1S/C21H31F3N4O2.HI/c1-2-25-20(28-8-7-19(14-28)27-9-11-29-12-10-27)26-13-17-3-5-18(6-4-17)15-30-16-21(22,23)24;/h3-6,19H,2,7-16H2,1H3,(H,25,26);1H. The number of aliphatic imine (C=N–C) groups is 1. The zero-order valence-electron chi connectivity index (χ0n) is 17.9. The average molecular weight is 556 g/mol. The molecule has 0 amide bonds. The zero-order valence-corrected chi connectivity index (χ0v) is 20.2. The minimum Gasteiger partial charge on any atom is -0.379 e. The number of hydrogen-bond acceptors (Lipinski definition) is 4. The fourth-order valence-electron chi connectivity index (χ4n) is 3.79. The highest BCUT2D eigenvalue weighted by Crippen LogP contribution is 2.18. The van der Waals surface area contributed by atoms with Crippen LogP contribution in [0.3, 0.4) is 0 Å². The van der Waals surface area contributed by atoms with E-state index in [0.717, 1.165) is 63.9 Å². The number of benzene rings is 1. The Bertz CT molecular complexity index is 682. The molecule has 3 rings (SSSR count). The van der Waals surface area contributed by atoms with Gasteiger partial charge in [0, 0.05) is 38.8 Å². The van der Waals surface area contributed by atoms with Crippen LogP contribution >= 0.6 is 24.0 Å². The molecule has 0 saturated carbocycles. The lowest BCUT2D eigenvalue weighted by atomic mass is 10.1. The van der Waals surface area contributed by atoms with Crippen LogP contribution in [0.2, 0.25) is 0 Å². The van der Waals surface area contributed by atoms with Crippen LogP contribution < -0.4 is 5.32 Å². The molecule has 1 atom stereocenters. The summed E-state index contributed by atoms with van der Waals surface area (Å²) in [7, 11) is 0. The molecule has 1 N–H and O–H groups in total. The lowest BCUT2D eigenvalue weighted by Crippen LogP contribution is -2.46. The van der Waals surface area contributed by atoms with Crippen molar-refractivity contribution in [2.24, 2.45) is 4.99 Å². The average Bonchev–Trinajstić information content (AvgIpc) is 3.22. The normalized spacial score (nSPS) is 20.6. The maximum Gasteiger partial charge on any atom is 0.411 e. The second-order valence-corrected chi connectivity index (χ2v) is 7.63. The van der Waals surface area contributed by atoms with Crippen molar-refractivity contribution in [1.82, 2.24) is 15.1 Å². The van der Waals surface area contributed by atoms with E-state index in [1.807, 2.05) is 12.1 Å². The van der Waals surface area contributed by atoms with Gasteiger partial charge in [0.25, 0.3) is 0 Å². The van der Waals surface area contributed by atoms with Crippen LogP contribution in [0.5, 0.6) is 0 Å². The van der Waals surface area contributed by atoms with Gasteiger partial charge in [0.2, 0.25) is 0 Å². The Hall–Kier alpha value is -1.11. The first kappa shape index (κ1) is 26.1. The number of nitrogens with zero attached hydrogens (tertiary/aromatic N) is 3. The molecular weight excluding hydrogens is 524 g/mol. The smallest absolute Gasteiger partial charge is 0.379 e. The molecule has 1 aromatic carbocycles. The quantitative estimate of drug-likeness (QED) is 0.318. The molecule has 2 heterocycles. The Balaban J connectivity index is 0.00000341. The van der Waals surface area contributed by atoms with Gasteiger partial charge < -0.3 is 19.7 Å². The molecule has 1 aromatic rings. The van der Waals surface area contributed by atoms with Crippen molar-refractivity contribution in [1.29, 1.82) is 0 Å². The van der Waals surface area contributed by atoms with E-state index >= 15 is 0 Å². The molecule has 1 unspecified atom stereocenters. The van der Waals surface area contributed by atoms with E-state index in [2.05, 4.69) is 22.0 Å². The Labute approximate surface area is 199 Å². The zero-order chi connectivity index (χ0) is 21.4. The summed E-state index contributed by atoms with van der Waals surface area (Å²) < 4.78 is 46.6. The van der Waals surface area contributed by atoms with Gasteiger partial charge in [0.05, 0.1) is 26.4 Å². The number of nitrogens with one attached hydrogen (secondary N) is 1. The van der Waals surface area contributed by atoms with Crippen molar-refractivity contribution in [3.63, 3.8) is 0 Å². The van der Waals surface area contributed by atoms with Gasteiger partial charge in [-0.15, -0.1) is 24.0 Å². The number of likely N-dealkylation sites (tertiary alicyclic amines) is 1. The van der Waals surface area contributed by atoms with E-state index < -0.39 is 12.8 Å². The first-order valence-corrected chi connectivity index (χ1v) is 10.5. The van der Waals surface area contributed by atoms with E-state index in [4.69, 9.17) is 14.5 Å². The fourth-order valence-corrected chi connectivity index (χ4v) is 3.79. The molecule has 2 aliphatic rings.